The molecular weight excluding hydrogens is 438 g/mol. The van der Waals surface area contributed by atoms with Crippen LogP contribution in [0.1, 0.15) is 23.1 Å². The first-order valence-electron chi connectivity index (χ1n) is 11.8. The highest BCUT2D eigenvalue weighted by Crippen LogP contribution is 2.33. The van der Waals surface area contributed by atoms with Gasteiger partial charge in [-0.05, 0) is 28.7 Å². The zero-order chi connectivity index (χ0) is 24.3. The van der Waals surface area contributed by atoms with Gasteiger partial charge in [0.1, 0.15) is 6.54 Å². The van der Waals surface area contributed by atoms with E-state index in [1.807, 2.05) is 84.9 Å². The fourth-order valence-electron chi connectivity index (χ4n) is 4.86. The van der Waals surface area contributed by atoms with Crippen molar-refractivity contribution in [3.8, 4) is 0 Å². The van der Waals surface area contributed by atoms with E-state index in [9.17, 15) is 14.4 Å². The first-order chi connectivity index (χ1) is 17.1. The van der Waals surface area contributed by atoms with Gasteiger partial charge in [-0.3, -0.25) is 14.5 Å². The SMILES string of the molecule is O=C(CN1C(=O)NC(Cc2ccccc2)(c2ccccc2)C1=O)N1CC=C(c2ccccc2)CC1. The molecule has 6 heteroatoms. The number of urea groups is 1. The number of hydrogen-bond donors (Lipinski definition) is 1. The molecule has 0 aliphatic carbocycles. The first-order valence-corrected chi connectivity index (χ1v) is 11.8. The highest BCUT2D eigenvalue weighted by molar-refractivity contribution is 6.09. The van der Waals surface area contributed by atoms with Crippen LogP contribution in [0, 0.1) is 0 Å². The normalized spacial score (nSPS) is 19.9. The van der Waals surface area contributed by atoms with Crippen molar-refractivity contribution in [2.24, 2.45) is 0 Å². The molecule has 0 radical (unpaired) electrons. The number of rotatable bonds is 6. The topological polar surface area (TPSA) is 69.7 Å². The molecule has 0 aromatic heterocycles. The maximum Gasteiger partial charge on any atom is 0.325 e. The van der Waals surface area contributed by atoms with Crippen molar-refractivity contribution in [2.45, 2.75) is 18.4 Å². The van der Waals surface area contributed by atoms with Crippen LogP contribution in [-0.2, 0) is 21.5 Å². The summed E-state index contributed by atoms with van der Waals surface area (Å²) < 4.78 is 0. The van der Waals surface area contributed by atoms with Crippen LogP contribution in [-0.4, -0.2) is 47.3 Å². The molecular formula is C29H27N3O3. The fraction of sp³-hybridized carbons (Fsp3) is 0.207. The van der Waals surface area contributed by atoms with Crippen molar-refractivity contribution >= 4 is 23.4 Å². The van der Waals surface area contributed by atoms with Gasteiger partial charge in [0.05, 0.1) is 0 Å². The van der Waals surface area contributed by atoms with Gasteiger partial charge in [0.2, 0.25) is 5.91 Å². The van der Waals surface area contributed by atoms with Crippen molar-refractivity contribution < 1.29 is 14.4 Å². The third-order valence-corrected chi connectivity index (χ3v) is 6.75. The molecule has 2 aliphatic rings. The predicted molar refractivity (Wildman–Crippen MR) is 134 cm³/mol. The van der Waals surface area contributed by atoms with Crippen LogP contribution in [0.3, 0.4) is 0 Å². The minimum atomic E-state index is -1.25. The molecule has 1 fully saturated rings. The fourth-order valence-corrected chi connectivity index (χ4v) is 4.86. The number of carbonyl (C=O) groups excluding carboxylic acids is 3. The second-order valence-corrected chi connectivity index (χ2v) is 8.94. The van der Waals surface area contributed by atoms with Gasteiger partial charge in [-0.2, -0.15) is 0 Å². The number of hydrogen-bond acceptors (Lipinski definition) is 3. The summed E-state index contributed by atoms with van der Waals surface area (Å²) >= 11 is 0. The van der Waals surface area contributed by atoms with E-state index in [2.05, 4.69) is 17.4 Å². The van der Waals surface area contributed by atoms with Gasteiger partial charge >= 0.3 is 6.03 Å². The number of benzene rings is 3. The number of carbonyl (C=O) groups is 3. The Kier molecular flexibility index (Phi) is 6.19. The Bertz CT molecular complexity index is 1260. The van der Waals surface area contributed by atoms with Crippen LogP contribution < -0.4 is 5.32 Å². The van der Waals surface area contributed by atoms with Crippen LogP contribution in [0.25, 0.3) is 5.57 Å². The molecule has 1 N–H and O–H groups in total. The molecule has 2 heterocycles. The summed E-state index contributed by atoms with van der Waals surface area (Å²) in [5.41, 5.74) is 2.73. The summed E-state index contributed by atoms with van der Waals surface area (Å²) in [7, 11) is 0. The second kappa shape index (κ2) is 9.58. The molecule has 3 aromatic rings. The van der Waals surface area contributed by atoms with Gasteiger partial charge in [-0.25, -0.2) is 4.79 Å². The van der Waals surface area contributed by atoms with E-state index in [4.69, 9.17) is 0 Å². The largest absolute Gasteiger partial charge is 0.337 e. The molecule has 1 atom stereocenters. The minimum Gasteiger partial charge on any atom is -0.337 e. The lowest BCUT2D eigenvalue weighted by Crippen LogP contribution is -2.47. The minimum absolute atomic E-state index is 0.236. The van der Waals surface area contributed by atoms with Gasteiger partial charge < -0.3 is 10.2 Å². The maximum absolute atomic E-state index is 13.8. The average Bonchev–Trinajstić information content (AvgIpc) is 3.15. The van der Waals surface area contributed by atoms with Crippen molar-refractivity contribution in [2.75, 3.05) is 19.6 Å². The highest BCUT2D eigenvalue weighted by Gasteiger charge is 2.53. The molecule has 3 aromatic carbocycles. The summed E-state index contributed by atoms with van der Waals surface area (Å²) in [6.07, 6.45) is 3.09. The molecule has 0 saturated carbocycles. The Hall–Kier alpha value is -4.19. The average molecular weight is 466 g/mol. The Morgan fingerprint density at radius 1 is 0.857 bits per heavy atom. The third-order valence-electron chi connectivity index (χ3n) is 6.75. The van der Waals surface area contributed by atoms with Crippen molar-refractivity contribution in [3.05, 3.63) is 114 Å². The van der Waals surface area contributed by atoms with Crippen molar-refractivity contribution in [1.29, 1.82) is 0 Å². The number of imide groups is 1. The lowest BCUT2D eigenvalue weighted by atomic mass is 9.83. The number of amides is 4. The summed E-state index contributed by atoms with van der Waals surface area (Å²) in [4.78, 5) is 42.7. The molecule has 35 heavy (non-hydrogen) atoms. The summed E-state index contributed by atoms with van der Waals surface area (Å²) in [5, 5.41) is 2.92. The molecule has 0 spiro atoms. The lowest BCUT2D eigenvalue weighted by Gasteiger charge is -2.29. The lowest BCUT2D eigenvalue weighted by molar-refractivity contribution is -0.139. The molecule has 1 saturated heterocycles. The van der Waals surface area contributed by atoms with Crippen LogP contribution in [0.15, 0.2) is 97.1 Å². The standard InChI is InChI=1S/C29H27N3O3/c33-26(31-18-16-24(17-19-31)23-12-6-2-7-13-23)21-32-27(34)29(30-28(32)35,25-14-8-3-9-15-25)20-22-10-4-1-5-11-22/h1-16H,17-21H2,(H,30,35). The monoisotopic (exact) mass is 465 g/mol. The highest BCUT2D eigenvalue weighted by atomic mass is 16.2. The zero-order valence-electron chi connectivity index (χ0n) is 19.4. The van der Waals surface area contributed by atoms with E-state index in [0.29, 0.717) is 25.1 Å². The van der Waals surface area contributed by atoms with E-state index in [1.54, 1.807) is 4.90 Å². The molecule has 4 amide bonds. The molecule has 2 aliphatic heterocycles. The van der Waals surface area contributed by atoms with Crippen LogP contribution in [0.4, 0.5) is 4.79 Å². The van der Waals surface area contributed by atoms with Gasteiger partial charge in [0.15, 0.2) is 5.54 Å². The number of nitrogens with zero attached hydrogens (tertiary/aromatic N) is 2. The number of nitrogens with one attached hydrogen (secondary N) is 1. The Morgan fingerprint density at radius 2 is 1.49 bits per heavy atom. The van der Waals surface area contributed by atoms with Crippen molar-refractivity contribution in [3.63, 3.8) is 0 Å². The Balaban J connectivity index is 1.34. The van der Waals surface area contributed by atoms with Gasteiger partial charge in [-0.1, -0.05) is 97.1 Å². The summed E-state index contributed by atoms with van der Waals surface area (Å²) in [6, 6.07) is 28.4. The Labute approximate surface area is 204 Å². The predicted octanol–water partition coefficient (Wildman–Crippen LogP) is 3.99. The first kappa shape index (κ1) is 22.6. The van der Waals surface area contributed by atoms with Gasteiger partial charge in [0, 0.05) is 19.5 Å². The smallest absolute Gasteiger partial charge is 0.325 e. The van der Waals surface area contributed by atoms with E-state index in [-0.39, 0.29) is 12.5 Å². The van der Waals surface area contributed by atoms with E-state index in [1.165, 1.54) is 5.57 Å². The van der Waals surface area contributed by atoms with E-state index in [0.717, 1.165) is 22.4 Å². The van der Waals surface area contributed by atoms with Crippen molar-refractivity contribution in [1.82, 2.24) is 15.1 Å². The quantitative estimate of drug-likeness (QED) is 0.560. The van der Waals surface area contributed by atoms with E-state index < -0.39 is 17.5 Å². The van der Waals surface area contributed by atoms with Crippen LogP contribution in [0.5, 0.6) is 0 Å². The Morgan fingerprint density at radius 3 is 2.11 bits per heavy atom. The van der Waals surface area contributed by atoms with Crippen LogP contribution in [0.2, 0.25) is 0 Å². The third kappa shape index (κ3) is 4.47. The molecule has 176 valence electrons. The second-order valence-electron chi connectivity index (χ2n) is 8.94. The molecule has 0 bridgehead atoms. The molecule has 6 nitrogen and oxygen atoms in total. The summed E-state index contributed by atoms with van der Waals surface area (Å²) in [6.45, 7) is 0.736. The van der Waals surface area contributed by atoms with Crippen LogP contribution >= 0.6 is 0 Å². The molecule has 1 unspecified atom stereocenters. The van der Waals surface area contributed by atoms with Gasteiger partial charge in [0.25, 0.3) is 5.91 Å². The zero-order valence-corrected chi connectivity index (χ0v) is 19.4. The van der Waals surface area contributed by atoms with E-state index >= 15 is 0 Å². The van der Waals surface area contributed by atoms with Gasteiger partial charge in [-0.15, -0.1) is 0 Å². The summed E-state index contributed by atoms with van der Waals surface area (Å²) in [5.74, 6) is -0.635. The molecule has 5 rings (SSSR count). The maximum atomic E-state index is 13.8.